The van der Waals surface area contributed by atoms with Crippen LogP contribution in [0.3, 0.4) is 0 Å². The second kappa shape index (κ2) is 3.97. The van der Waals surface area contributed by atoms with Crippen molar-refractivity contribution in [2.75, 3.05) is 13.1 Å². The number of hydrogen-bond acceptors (Lipinski definition) is 1. The molecular weight excluding hydrogens is 160 g/mol. The van der Waals surface area contributed by atoms with Crippen LogP contribution in [0.25, 0.3) is 0 Å². The van der Waals surface area contributed by atoms with Crippen molar-refractivity contribution in [2.45, 2.75) is 26.3 Å². The third-order valence-electron chi connectivity index (χ3n) is 2.92. The van der Waals surface area contributed by atoms with Crippen LogP contribution in [0.5, 0.6) is 0 Å². The highest BCUT2D eigenvalue weighted by Crippen LogP contribution is 2.15. The molecule has 1 aliphatic rings. The maximum Gasteiger partial charge on any atom is 0.0193 e. The van der Waals surface area contributed by atoms with Crippen LogP contribution >= 0.6 is 0 Å². The van der Waals surface area contributed by atoms with E-state index in [0.29, 0.717) is 0 Å². The third-order valence-corrected chi connectivity index (χ3v) is 2.92. The number of hydrogen-bond donors (Lipinski definition) is 1. The second-order valence-corrected chi connectivity index (χ2v) is 3.85. The molecule has 1 aliphatic heterocycles. The molecule has 2 nitrogen and oxygen atoms in total. The Morgan fingerprint density at radius 1 is 1.62 bits per heavy atom. The Labute approximate surface area is 79.9 Å². The Morgan fingerprint density at radius 3 is 3.23 bits per heavy atom. The van der Waals surface area contributed by atoms with Gasteiger partial charge >= 0.3 is 0 Å². The topological polar surface area (TPSA) is 17.0 Å². The van der Waals surface area contributed by atoms with Crippen molar-refractivity contribution in [1.82, 2.24) is 9.88 Å². The van der Waals surface area contributed by atoms with Crippen LogP contribution in [-0.4, -0.2) is 17.7 Å². The minimum Gasteiger partial charge on any atom is -0.352 e. The van der Waals surface area contributed by atoms with Crippen molar-refractivity contribution in [3.63, 3.8) is 0 Å². The molecule has 1 saturated heterocycles. The SMILES string of the molecule is CCn1cccc1CC1CCNC1. The number of aromatic nitrogens is 1. The second-order valence-electron chi connectivity index (χ2n) is 3.85. The van der Waals surface area contributed by atoms with E-state index in [2.05, 4.69) is 35.1 Å². The monoisotopic (exact) mass is 178 g/mol. The summed E-state index contributed by atoms with van der Waals surface area (Å²) in [5.41, 5.74) is 1.50. The highest BCUT2D eigenvalue weighted by atomic mass is 15.0. The number of rotatable bonds is 3. The maximum absolute atomic E-state index is 3.41. The molecule has 1 aromatic rings. The van der Waals surface area contributed by atoms with Crippen LogP contribution in [0.1, 0.15) is 19.0 Å². The van der Waals surface area contributed by atoms with Gasteiger partial charge in [-0.1, -0.05) is 0 Å². The van der Waals surface area contributed by atoms with E-state index in [1.54, 1.807) is 0 Å². The van der Waals surface area contributed by atoms with Crippen LogP contribution in [-0.2, 0) is 13.0 Å². The molecule has 0 spiro atoms. The summed E-state index contributed by atoms with van der Waals surface area (Å²) in [6.45, 7) is 5.71. The number of aryl methyl sites for hydroxylation is 1. The van der Waals surface area contributed by atoms with Crippen molar-refractivity contribution in [1.29, 1.82) is 0 Å². The third kappa shape index (κ3) is 1.94. The molecule has 0 amide bonds. The summed E-state index contributed by atoms with van der Waals surface area (Å²) in [7, 11) is 0. The van der Waals surface area contributed by atoms with Crippen molar-refractivity contribution >= 4 is 0 Å². The molecule has 1 fully saturated rings. The van der Waals surface area contributed by atoms with Gasteiger partial charge in [-0.3, -0.25) is 0 Å². The summed E-state index contributed by atoms with van der Waals surface area (Å²) in [4.78, 5) is 0. The van der Waals surface area contributed by atoms with Gasteiger partial charge in [0, 0.05) is 18.4 Å². The summed E-state index contributed by atoms with van der Waals surface area (Å²) in [6.07, 6.45) is 4.76. The minimum atomic E-state index is 0.861. The van der Waals surface area contributed by atoms with Gasteiger partial charge in [0.05, 0.1) is 0 Å². The van der Waals surface area contributed by atoms with Crippen LogP contribution in [0, 0.1) is 5.92 Å². The molecule has 72 valence electrons. The van der Waals surface area contributed by atoms with Gasteiger partial charge < -0.3 is 9.88 Å². The van der Waals surface area contributed by atoms with E-state index < -0.39 is 0 Å². The van der Waals surface area contributed by atoms with Crippen molar-refractivity contribution in [3.05, 3.63) is 24.0 Å². The normalized spacial score (nSPS) is 22.4. The molecule has 1 aromatic heterocycles. The maximum atomic E-state index is 3.41. The van der Waals surface area contributed by atoms with Crippen molar-refractivity contribution in [2.24, 2.45) is 5.92 Å². The average molecular weight is 178 g/mol. The first-order chi connectivity index (χ1) is 6.40. The molecule has 13 heavy (non-hydrogen) atoms. The van der Waals surface area contributed by atoms with Gasteiger partial charge in [0.25, 0.3) is 0 Å². The Kier molecular flexibility index (Phi) is 2.69. The van der Waals surface area contributed by atoms with Gasteiger partial charge in [-0.05, 0) is 50.9 Å². The first-order valence-corrected chi connectivity index (χ1v) is 5.25. The van der Waals surface area contributed by atoms with Gasteiger partial charge in [0.15, 0.2) is 0 Å². The summed E-state index contributed by atoms with van der Waals surface area (Å²) < 4.78 is 2.35. The molecule has 1 N–H and O–H groups in total. The molecule has 2 rings (SSSR count). The Hall–Kier alpha value is -0.760. The standard InChI is InChI=1S/C11H18N2/c1-2-13-7-3-4-11(13)8-10-5-6-12-9-10/h3-4,7,10,12H,2,5-6,8-9H2,1H3. The van der Waals surface area contributed by atoms with Gasteiger partial charge in [0.1, 0.15) is 0 Å². The lowest BCUT2D eigenvalue weighted by Gasteiger charge is -2.10. The van der Waals surface area contributed by atoms with Gasteiger partial charge in [0.2, 0.25) is 0 Å². The first-order valence-electron chi connectivity index (χ1n) is 5.25. The summed E-state index contributed by atoms with van der Waals surface area (Å²) >= 11 is 0. The molecular formula is C11H18N2. The highest BCUT2D eigenvalue weighted by Gasteiger charge is 2.15. The fourth-order valence-electron chi connectivity index (χ4n) is 2.13. The Balaban J connectivity index is 1.99. The summed E-state index contributed by atoms with van der Waals surface area (Å²) in [5.74, 6) is 0.861. The van der Waals surface area contributed by atoms with Crippen LogP contribution in [0.4, 0.5) is 0 Å². The minimum absolute atomic E-state index is 0.861. The average Bonchev–Trinajstić information content (AvgIpc) is 2.76. The van der Waals surface area contributed by atoms with Crippen LogP contribution < -0.4 is 5.32 Å². The fourth-order valence-corrected chi connectivity index (χ4v) is 2.13. The molecule has 0 aromatic carbocycles. The van der Waals surface area contributed by atoms with Crippen molar-refractivity contribution < 1.29 is 0 Å². The lowest BCUT2D eigenvalue weighted by molar-refractivity contribution is 0.550. The van der Waals surface area contributed by atoms with Crippen LogP contribution in [0.15, 0.2) is 18.3 Å². The Morgan fingerprint density at radius 2 is 2.54 bits per heavy atom. The van der Waals surface area contributed by atoms with Gasteiger partial charge in [-0.15, -0.1) is 0 Å². The lowest BCUT2D eigenvalue weighted by atomic mass is 10.0. The van der Waals surface area contributed by atoms with E-state index in [0.717, 1.165) is 12.5 Å². The first kappa shape index (κ1) is 8.82. The smallest absolute Gasteiger partial charge is 0.0193 e. The van der Waals surface area contributed by atoms with Crippen molar-refractivity contribution in [3.8, 4) is 0 Å². The number of nitrogens with one attached hydrogen (secondary N) is 1. The van der Waals surface area contributed by atoms with E-state index in [1.165, 1.54) is 31.6 Å². The van der Waals surface area contributed by atoms with Gasteiger partial charge in [-0.25, -0.2) is 0 Å². The predicted octanol–water partition coefficient (Wildman–Crippen LogP) is 1.66. The largest absolute Gasteiger partial charge is 0.352 e. The highest BCUT2D eigenvalue weighted by molar-refractivity contribution is 5.08. The molecule has 0 bridgehead atoms. The quantitative estimate of drug-likeness (QED) is 0.745. The van der Waals surface area contributed by atoms with E-state index in [1.807, 2.05) is 0 Å². The van der Waals surface area contributed by atoms with E-state index in [4.69, 9.17) is 0 Å². The zero-order chi connectivity index (χ0) is 9.10. The zero-order valence-corrected chi connectivity index (χ0v) is 8.29. The lowest BCUT2D eigenvalue weighted by Crippen LogP contribution is -2.12. The molecule has 1 unspecified atom stereocenters. The van der Waals surface area contributed by atoms with E-state index in [-0.39, 0.29) is 0 Å². The summed E-state index contributed by atoms with van der Waals surface area (Å²) in [6, 6.07) is 4.41. The summed E-state index contributed by atoms with van der Waals surface area (Å²) in [5, 5.41) is 3.41. The molecule has 0 aliphatic carbocycles. The molecule has 0 saturated carbocycles. The molecule has 2 heterocycles. The van der Waals surface area contributed by atoms with E-state index in [9.17, 15) is 0 Å². The fraction of sp³-hybridized carbons (Fsp3) is 0.636. The zero-order valence-electron chi connectivity index (χ0n) is 8.29. The Bertz CT molecular complexity index is 259. The molecule has 1 atom stereocenters. The van der Waals surface area contributed by atoms with Crippen LogP contribution in [0.2, 0.25) is 0 Å². The van der Waals surface area contributed by atoms with Gasteiger partial charge in [-0.2, -0.15) is 0 Å². The van der Waals surface area contributed by atoms with E-state index >= 15 is 0 Å². The number of nitrogens with zero attached hydrogens (tertiary/aromatic N) is 1. The molecule has 0 radical (unpaired) electrons. The predicted molar refractivity (Wildman–Crippen MR) is 54.8 cm³/mol. The molecule has 2 heteroatoms.